The van der Waals surface area contributed by atoms with E-state index >= 15 is 0 Å². The normalized spacial score (nSPS) is 11.8. The van der Waals surface area contributed by atoms with Gasteiger partial charge >= 0.3 is 0 Å². The number of hydrogen-bond donors (Lipinski definition) is 1. The molecule has 0 aliphatic heterocycles. The van der Waals surface area contributed by atoms with Crippen molar-refractivity contribution in [1.82, 2.24) is 9.29 Å². The Morgan fingerprint density at radius 2 is 1.57 bits per heavy atom. The predicted octanol–water partition coefficient (Wildman–Crippen LogP) is 5.28. The molecule has 0 atom stereocenters. The van der Waals surface area contributed by atoms with Crippen LogP contribution in [0, 0.1) is 6.92 Å². The van der Waals surface area contributed by atoms with Gasteiger partial charge in [-0.05, 0) is 54.8 Å². The predicted molar refractivity (Wildman–Crippen MR) is 125 cm³/mol. The van der Waals surface area contributed by atoms with Crippen molar-refractivity contribution < 1.29 is 8.42 Å². The number of para-hydroxylation sites is 1. The van der Waals surface area contributed by atoms with Crippen molar-refractivity contribution in [3.8, 4) is 0 Å². The van der Waals surface area contributed by atoms with Crippen LogP contribution in [0.15, 0.2) is 88.2 Å². The van der Waals surface area contributed by atoms with Crippen molar-refractivity contribution >= 4 is 36.9 Å². The first-order chi connectivity index (χ1) is 14.5. The van der Waals surface area contributed by atoms with Gasteiger partial charge in [0.1, 0.15) is 0 Å². The van der Waals surface area contributed by atoms with Crippen molar-refractivity contribution in [1.29, 1.82) is 0 Å². The maximum Gasteiger partial charge on any atom is 0.240 e. The van der Waals surface area contributed by atoms with Gasteiger partial charge in [-0.3, -0.25) is 0 Å². The summed E-state index contributed by atoms with van der Waals surface area (Å²) in [4.78, 5) is 0.272. The van der Waals surface area contributed by atoms with E-state index in [1.807, 2.05) is 30.3 Å². The van der Waals surface area contributed by atoms with E-state index in [0.717, 1.165) is 11.0 Å². The highest BCUT2D eigenvalue weighted by molar-refractivity contribution is 9.10. The largest absolute Gasteiger partial charge is 0.340 e. The molecule has 0 unspecified atom stereocenters. The molecule has 4 nitrogen and oxygen atoms in total. The number of fused-ring (bicyclic) bond motifs is 1. The molecule has 154 valence electrons. The van der Waals surface area contributed by atoms with Gasteiger partial charge in [-0.2, -0.15) is 0 Å². The Morgan fingerprint density at radius 3 is 2.30 bits per heavy atom. The summed E-state index contributed by atoms with van der Waals surface area (Å²) in [6.45, 7) is 3.25. The third-order valence-electron chi connectivity index (χ3n) is 5.34. The molecule has 0 fully saturated rings. The van der Waals surface area contributed by atoms with Crippen molar-refractivity contribution in [2.75, 3.05) is 6.54 Å². The van der Waals surface area contributed by atoms with Crippen LogP contribution in [0.2, 0.25) is 0 Å². The lowest BCUT2D eigenvalue weighted by atomic mass is 10.1. The number of rotatable bonds is 7. The second kappa shape index (κ2) is 8.76. The van der Waals surface area contributed by atoms with Gasteiger partial charge in [0.25, 0.3) is 0 Å². The molecule has 1 N–H and O–H groups in total. The molecule has 1 heterocycles. The van der Waals surface area contributed by atoms with Crippen LogP contribution < -0.4 is 4.72 Å². The number of nitrogens with zero attached hydrogens (tertiary/aromatic N) is 1. The lowest BCUT2D eigenvalue weighted by Gasteiger charge is -2.10. The zero-order valence-electron chi connectivity index (χ0n) is 16.7. The van der Waals surface area contributed by atoms with E-state index in [1.54, 1.807) is 24.3 Å². The molecule has 6 heteroatoms. The molecule has 0 aliphatic carbocycles. The fourth-order valence-electron chi connectivity index (χ4n) is 3.80. The second-order valence-electron chi connectivity index (χ2n) is 7.25. The Kier molecular flexibility index (Phi) is 6.09. The molecule has 0 bridgehead atoms. The van der Waals surface area contributed by atoms with Crippen molar-refractivity contribution in [2.45, 2.75) is 24.8 Å². The van der Waals surface area contributed by atoms with Gasteiger partial charge in [0.05, 0.1) is 4.90 Å². The minimum atomic E-state index is -3.53. The second-order valence-corrected chi connectivity index (χ2v) is 9.94. The monoisotopic (exact) mass is 482 g/mol. The Morgan fingerprint density at radius 1 is 0.900 bits per heavy atom. The van der Waals surface area contributed by atoms with Gasteiger partial charge in [-0.1, -0.05) is 64.5 Å². The van der Waals surface area contributed by atoms with E-state index in [2.05, 4.69) is 56.4 Å². The van der Waals surface area contributed by atoms with E-state index < -0.39 is 10.0 Å². The summed E-state index contributed by atoms with van der Waals surface area (Å²) in [6, 6.07) is 25.4. The Bertz CT molecular complexity index is 1260. The van der Waals surface area contributed by atoms with E-state index in [9.17, 15) is 8.42 Å². The summed E-state index contributed by atoms with van der Waals surface area (Å²) in [5.41, 5.74) is 4.76. The molecule has 4 rings (SSSR count). The molecule has 4 aromatic rings. The molecule has 1 aromatic heterocycles. The molecule has 0 aliphatic rings. The van der Waals surface area contributed by atoms with Gasteiger partial charge in [0.15, 0.2) is 0 Å². The van der Waals surface area contributed by atoms with Crippen LogP contribution in [0.3, 0.4) is 0 Å². The van der Waals surface area contributed by atoms with Crippen molar-refractivity contribution in [3.05, 3.63) is 100 Å². The Hall–Kier alpha value is -2.41. The van der Waals surface area contributed by atoms with E-state index in [1.165, 1.54) is 27.7 Å². The molecule has 0 saturated heterocycles. The maximum absolute atomic E-state index is 12.6. The molecule has 30 heavy (non-hydrogen) atoms. The smallest absolute Gasteiger partial charge is 0.240 e. The molecule has 0 amide bonds. The number of nitrogens with one attached hydrogen (secondary N) is 1. The van der Waals surface area contributed by atoms with Gasteiger partial charge < -0.3 is 4.57 Å². The van der Waals surface area contributed by atoms with E-state index in [4.69, 9.17) is 0 Å². The SMILES string of the molecule is Cc1c(CCNS(=O)(=O)c2ccc(Br)cc2)c2ccccc2n1Cc1ccccc1. The molecule has 3 aromatic carbocycles. The highest BCUT2D eigenvalue weighted by Gasteiger charge is 2.17. The summed E-state index contributed by atoms with van der Waals surface area (Å²) < 4.78 is 31.1. The first kappa shape index (κ1) is 20.8. The number of aromatic nitrogens is 1. The molecule has 0 saturated carbocycles. The molecule has 0 radical (unpaired) electrons. The highest BCUT2D eigenvalue weighted by atomic mass is 79.9. The fourth-order valence-corrected chi connectivity index (χ4v) is 5.09. The quantitative estimate of drug-likeness (QED) is 0.389. The lowest BCUT2D eigenvalue weighted by Crippen LogP contribution is -2.26. The van der Waals surface area contributed by atoms with Crippen LogP contribution in [0.25, 0.3) is 10.9 Å². The van der Waals surface area contributed by atoms with E-state index in [0.29, 0.717) is 13.0 Å². The minimum Gasteiger partial charge on any atom is -0.340 e. The number of halogens is 1. The Labute approximate surface area is 185 Å². The summed E-state index contributed by atoms with van der Waals surface area (Å²) in [7, 11) is -3.53. The number of hydrogen-bond acceptors (Lipinski definition) is 2. The van der Waals surface area contributed by atoms with E-state index in [-0.39, 0.29) is 4.90 Å². The maximum atomic E-state index is 12.6. The number of benzene rings is 3. The zero-order valence-corrected chi connectivity index (χ0v) is 19.1. The van der Waals surface area contributed by atoms with Crippen LogP contribution in [0.5, 0.6) is 0 Å². The lowest BCUT2D eigenvalue weighted by molar-refractivity contribution is 0.581. The third kappa shape index (κ3) is 4.36. The summed E-state index contributed by atoms with van der Waals surface area (Å²) in [5.74, 6) is 0. The molecular weight excluding hydrogens is 460 g/mol. The molecular formula is C24H23BrN2O2S. The van der Waals surface area contributed by atoms with Gasteiger partial charge in [-0.15, -0.1) is 0 Å². The average Bonchev–Trinajstić information content (AvgIpc) is 3.01. The number of sulfonamides is 1. The zero-order chi connectivity index (χ0) is 21.1. The van der Waals surface area contributed by atoms with Crippen LogP contribution in [-0.2, 0) is 23.0 Å². The summed E-state index contributed by atoms with van der Waals surface area (Å²) >= 11 is 3.33. The van der Waals surface area contributed by atoms with Gasteiger partial charge in [0.2, 0.25) is 10.0 Å². The third-order valence-corrected chi connectivity index (χ3v) is 7.34. The molecule has 0 spiro atoms. The standard InChI is InChI=1S/C24H23BrN2O2S/c1-18-22(15-16-26-30(28,29)21-13-11-20(25)12-14-21)23-9-5-6-10-24(23)27(18)17-19-7-3-2-4-8-19/h2-14,26H,15-17H2,1H3. The summed E-state index contributed by atoms with van der Waals surface area (Å²) in [5, 5.41) is 1.17. The van der Waals surface area contributed by atoms with Crippen LogP contribution in [0.1, 0.15) is 16.8 Å². The van der Waals surface area contributed by atoms with Gasteiger partial charge in [0, 0.05) is 34.2 Å². The van der Waals surface area contributed by atoms with Crippen molar-refractivity contribution in [2.24, 2.45) is 0 Å². The topological polar surface area (TPSA) is 51.1 Å². The van der Waals surface area contributed by atoms with Crippen molar-refractivity contribution in [3.63, 3.8) is 0 Å². The summed E-state index contributed by atoms with van der Waals surface area (Å²) in [6.07, 6.45) is 0.629. The fraction of sp³-hybridized carbons (Fsp3) is 0.167. The van der Waals surface area contributed by atoms with Crippen LogP contribution in [0.4, 0.5) is 0 Å². The van der Waals surface area contributed by atoms with Crippen LogP contribution >= 0.6 is 15.9 Å². The first-order valence-electron chi connectivity index (χ1n) is 9.81. The highest BCUT2D eigenvalue weighted by Crippen LogP contribution is 2.27. The van der Waals surface area contributed by atoms with Gasteiger partial charge in [-0.25, -0.2) is 13.1 Å². The minimum absolute atomic E-state index is 0.272. The Balaban J connectivity index is 1.57. The first-order valence-corrected chi connectivity index (χ1v) is 12.1. The van der Waals surface area contributed by atoms with Crippen LogP contribution in [-0.4, -0.2) is 19.5 Å². The average molecular weight is 483 g/mol.